The van der Waals surface area contributed by atoms with E-state index in [0.29, 0.717) is 22.3 Å². The van der Waals surface area contributed by atoms with Crippen molar-refractivity contribution in [3.63, 3.8) is 0 Å². The molecule has 3 rings (SSSR count). The molecule has 0 saturated heterocycles. The van der Waals surface area contributed by atoms with Crippen molar-refractivity contribution < 1.29 is 9.66 Å². The number of rotatable bonds is 3. The van der Waals surface area contributed by atoms with Crippen LogP contribution in [0.15, 0.2) is 54.6 Å². The van der Waals surface area contributed by atoms with Gasteiger partial charge in [-0.25, -0.2) is 4.98 Å². The minimum absolute atomic E-state index is 0.0536. The first-order valence-electron chi connectivity index (χ1n) is 6.37. The van der Waals surface area contributed by atoms with E-state index < -0.39 is 4.92 Å². The Morgan fingerprint density at radius 3 is 2.52 bits per heavy atom. The Morgan fingerprint density at radius 1 is 1.10 bits per heavy atom. The van der Waals surface area contributed by atoms with Gasteiger partial charge in [0.25, 0.3) is 5.69 Å². The lowest BCUT2D eigenvalue weighted by Gasteiger charge is -2.06. The van der Waals surface area contributed by atoms with Gasteiger partial charge in [-0.05, 0) is 12.1 Å². The summed E-state index contributed by atoms with van der Waals surface area (Å²) in [6.45, 7) is 0. The van der Waals surface area contributed by atoms with Crippen molar-refractivity contribution in [3.05, 3.63) is 64.7 Å². The Kier molecular flexibility index (Phi) is 3.23. The third kappa shape index (κ3) is 2.41. The van der Waals surface area contributed by atoms with Crippen LogP contribution in [0.3, 0.4) is 0 Å². The minimum Gasteiger partial charge on any atom is -0.496 e. The fourth-order valence-electron chi connectivity index (χ4n) is 2.22. The number of aromatic nitrogens is 1. The maximum atomic E-state index is 11.2. The number of nitro groups is 1. The molecule has 0 saturated carbocycles. The predicted molar refractivity (Wildman–Crippen MR) is 80.4 cm³/mol. The van der Waals surface area contributed by atoms with Crippen molar-refractivity contribution in [2.24, 2.45) is 0 Å². The van der Waals surface area contributed by atoms with Gasteiger partial charge in [-0.15, -0.1) is 0 Å². The third-order valence-electron chi connectivity index (χ3n) is 3.25. The van der Waals surface area contributed by atoms with E-state index in [0.717, 1.165) is 5.56 Å². The summed E-state index contributed by atoms with van der Waals surface area (Å²) in [6, 6.07) is 16.4. The molecule has 5 nitrogen and oxygen atoms in total. The highest BCUT2D eigenvalue weighted by molar-refractivity contribution is 5.90. The van der Waals surface area contributed by atoms with Gasteiger partial charge in [0.05, 0.1) is 23.8 Å². The Bertz CT molecular complexity index is 816. The second-order valence-corrected chi connectivity index (χ2v) is 4.54. The Morgan fingerprint density at radius 2 is 1.86 bits per heavy atom. The average Bonchev–Trinajstić information content (AvgIpc) is 2.54. The van der Waals surface area contributed by atoms with Crippen molar-refractivity contribution in [2.75, 3.05) is 7.11 Å². The normalized spacial score (nSPS) is 10.5. The Balaban J connectivity index is 2.25. The van der Waals surface area contributed by atoms with E-state index in [9.17, 15) is 10.1 Å². The van der Waals surface area contributed by atoms with Crippen molar-refractivity contribution in [3.8, 4) is 17.0 Å². The molecule has 0 atom stereocenters. The number of benzene rings is 2. The summed E-state index contributed by atoms with van der Waals surface area (Å²) in [5, 5.41) is 11.9. The molecular formula is C16H12N2O3. The summed E-state index contributed by atoms with van der Waals surface area (Å²) in [4.78, 5) is 15.2. The number of ether oxygens (including phenoxy) is 1. The van der Waals surface area contributed by atoms with Crippen molar-refractivity contribution in [1.29, 1.82) is 0 Å². The summed E-state index contributed by atoms with van der Waals surface area (Å²) in [6.07, 6.45) is 0. The van der Waals surface area contributed by atoms with E-state index in [1.54, 1.807) is 6.07 Å². The topological polar surface area (TPSA) is 65.3 Å². The van der Waals surface area contributed by atoms with E-state index in [-0.39, 0.29) is 5.69 Å². The van der Waals surface area contributed by atoms with Crippen LogP contribution >= 0.6 is 0 Å². The molecule has 0 radical (unpaired) electrons. The minimum atomic E-state index is -0.438. The van der Waals surface area contributed by atoms with Crippen molar-refractivity contribution in [2.45, 2.75) is 0 Å². The molecule has 0 aliphatic carbocycles. The smallest absolute Gasteiger partial charge is 0.299 e. The van der Waals surface area contributed by atoms with E-state index in [1.807, 2.05) is 42.5 Å². The van der Waals surface area contributed by atoms with Crippen LogP contribution in [0.5, 0.6) is 5.75 Å². The quantitative estimate of drug-likeness (QED) is 0.540. The van der Waals surface area contributed by atoms with E-state index in [2.05, 4.69) is 4.98 Å². The molecule has 5 heteroatoms. The highest BCUT2D eigenvalue weighted by Gasteiger charge is 2.16. The number of hydrogen-bond acceptors (Lipinski definition) is 4. The highest BCUT2D eigenvalue weighted by atomic mass is 16.6. The number of nitrogens with zero attached hydrogens (tertiary/aromatic N) is 2. The summed E-state index contributed by atoms with van der Waals surface area (Å²) in [5.74, 6) is 0.448. The van der Waals surface area contributed by atoms with Crippen LogP contribution in [0.25, 0.3) is 22.2 Å². The highest BCUT2D eigenvalue weighted by Crippen LogP contribution is 2.31. The van der Waals surface area contributed by atoms with E-state index in [1.165, 1.54) is 13.2 Å². The molecule has 21 heavy (non-hydrogen) atoms. The summed E-state index contributed by atoms with van der Waals surface area (Å²) >= 11 is 0. The summed E-state index contributed by atoms with van der Waals surface area (Å²) in [7, 11) is 1.48. The van der Waals surface area contributed by atoms with Gasteiger partial charge in [-0.2, -0.15) is 0 Å². The maximum absolute atomic E-state index is 11.2. The summed E-state index contributed by atoms with van der Waals surface area (Å²) in [5.41, 5.74) is 1.94. The van der Waals surface area contributed by atoms with Gasteiger partial charge in [0, 0.05) is 10.9 Å². The number of hydrogen-bond donors (Lipinski definition) is 0. The number of fused-ring (bicyclic) bond motifs is 1. The monoisotopic (exact) mass is 280 g/mol. The molecule has 0 N–H and O–H groups in total. The fraction of sp³-hybridized carbons (Fsp3) is 0.0625. The molecule has 0 amide bonds. The molecule has 1 heterocycles. The third-order valence-corrected chi connectivity index (χ3v) is 3.25. The van der Waals surface area contributed by atoms with Crippen LogP contribution in [0.2, 0.25) is 0 Å². The Labute approximate surface area is 121 Å². The van der Waals surface area contributed by atoms with Crippen LogP contribution in [0.4, 0.5) is 5.69 Å². The van der Waals surface area contributed by atoms with Crippen LogP contribution < -0.4 is 4.74 Å². The van der Waals surface area contributed by atoms with Crippen LogP contribution in [0, 0.1) is 10.1 Å². The number of pyridine rings is 1. The SMILES string of the molecule is COc1cc([N+](=O)[O-])c2nc(-c3ccccc3)ccc2c1. The molecule has 104 valence electrons. The maximum Gasteiger partial charge on any atom is 0.299 e. The number of methoxy groups -OCH3 is 1. The van der Waals surface area contributed by atoms with Gasteiger partial charge < -0.3 is 4.74 Å². The zero-order valence-electron chi connectivity index (χ0n) is 11.3. The zero-order valence-corrected chi connectivity index (χ0v) is 11.3. The van der Waals surface area contributed by atoms with Crippen molar-refractivity contribution >= 4 is 16.6 Å². The molecule has 0 bridgehead atoms. The molecule has 3 aromatic rings. The largest absolute Gasteiger partial charge is 0.496 e. The predicted octanol–water partition coefficient (Wildman–Crippen LogP) is 3.82. The van der Waals surface area contributed by atoms with Crippen LogP contribution in [-0.4, -0.2) is 17.0 Å². The lowest BCUT2D eigenvalue weighted by molar-refractivity contribution is -0.383. The van der Waals surface area contributed by atoms with Gasteiger partial charge in [-0.1, -0.05) is 36.4 Å². The lowest BCUT2D eigenvalue weighted by atomic mass is 10.1. The molecule has 0 unspecified atom stereocenters. The van der Waals surface area contributed by atoms with E-state index in [4.69, 9.17) is 4.74 Å². The first-order valence-corrected chi connectivity index (χ1v) is 6.37. The molecule has 1 aromatic heterocycles. The molecule has 0 aliphatic rings. The second kappa shape index (κ2) is 5.20. The van der Waals surface area contributed by atoms with Crippen LogP contribution in [0.1, 0.15) is 0 Å². The van der Waals surface area contributed by atoms with Gasteiger partial charge >= 0.3 is 0 Å². The Hall–Kier alpha value is -2.95. The van der Waals surface area contributed by atoms with Crippen LogP contribution in [-0.2, 0) is 0 Å². The van der Waals surface area contributed by atoms with Gasteiger partial charge in [0.1, 0.15) is 11.3 Å². The average molecular weight is 280 g/mol. The van der Waals surface area contributed by atoms with Gasteiger partial charge in [-0.3, -0.25) is 10.1 Å². The van der Waals surface area contributed by atoms with Gasteiger partial charge in [0.15, 0.2) is 0 Å². The number of non-ortho nitro benzene ring substituents is 1. The molecule has 2 aromatic carbocycles. The molecule has 0 spiro atoms. The van der Waals surface area contributed by atoms with Crippen molar-refractivity contribution in [1.82, 2.24) is 4.98 Å². The summed E-state index contributed by atoms with van der Waals surface area (Å²) < 4.78 is 5.10. The first kappa shape index (κ1) is 13.1. The number of nitro benzene ring substituents is 1. The molecule has 0 aliphatic heterocycles. The zero-order chi connectivity index (χ0) is 14.8. The lowest BCUT2D eigenvalue weighted by Crippen LogP contribution is -1.95. The molecular weight excluding hydrogens is 268 g/mol. The first-order chi connectivity index (χ1) is 10.2. The van der Waals surface area contributed by atoms with E-state index >= 15 is 0 Å². The standard InChI is InChI=1S/C16H12N2O3/c1-21-13-9-12-7-8-14(11-5-3-2-4-6-11)17-16(12)15(10-13)18(19)20/h2-10H,1H3. The van der Waals surface area contributed by atoms with Gasteiger partial charge in [0.2, 0.25) is 0 Å². The molecule has 0 fully saturated rings. The second-order valence-electron chi connectivity index (χ2n) is 4.54. The fourth-order valence-corrected chi connectivity index (χ4v) is 2.22.